The van der Waals surface area contributed by atoms with Gasteiger partial charge in [-0.2, -0.15) is 4.99 Å². The SMILES string of the molecule is CCOCCn1c(=NC(=O)c2ccc(F)cc2)sc2cc(S(N)(=O)=O)ccc21. The van der Waals surface area contributed by atoms with Crippen LogP contribution in [0.5, 0.6) is 0 Å². The third-order valence-corrected chi connectivity index (χ3v) is 5.89. The Balaban J connectivity index is 2.11. The molecule has 0 unspecified atom stereocenters. The molecule has 0 saturated heterocycles. The number of rotatable bonds is 6. The maximum absolute atomic E-state index is 13.1. The van der Waals surface area contributed by atoms with Gasteiger partial charge >= 0.3 is 0 Å². The molecule has 148 valence electrons. The molecule has 7 nitrogen and oxygen atoms in total. The number of nitrogens with two attached hydrogens (primary N) is 1. The van der Waals surface area contributed by atoms with E-state index in [-0.39, 0.29) is 10.5 Å². The van der Waals surface area contributed by atoms with Crippen molar-refractivity contribution in [1.29, 1.82) is 0 Å². The van der Waals surface area contributed by atoms with Gasteiger partial charge in [-0.1, -0.05) is 11.3 Å². The van der Waals surface area contributed by atoms with Crippen LogP contribution in [-0.4, -0.2) is 32.1 Å². The van der Waals surface area contributed by atoms with Crippen LogP contribution in [-0.2, 0) is 21.3 Å². The molecule has 3 rings (SSSR count). The number of carbonyl (C=O) groups is 1. The molecule has 0 radical (unpaired) electrons. The van der Waals surface area contributed by atoms with Crippen LogP contribution in [0.3, 0.4) is 0 Å². The van der Waals surface area contributed by atoms with Gasteiger partial charge in [-0.15, -0.1) is 0 Å². The van der Waals surface area contributed by atoms with E-state index >= 15 is 0 Å². The number of halogens is 1. The zero-order chi connectivity index (χ0) is 20.3. The fourth-order valence-corrected chi connectivity index (χ4v) is 4.28. The number of carbonyl (C=O) groups excluding carboxylic acids is 1. The normalized spacial score (nSPS) is 12.6. The van der Waals surface area contributed by atoms with Crippen LogP contribution in [0, 0.1) is 5.82 Å². The Bertz CT molecular complexity index is 1180. The van der Waals surface area contributed by atoms with Crippen LogP contribution >= 0.6 is 11.3 Å². The molecule has 2 aromatic carbocycles. The highest BCUT2D eigenvalue weighted by molar-refractivity contribution is 7.89. The summed E-state index contributed by atoms with van der Waals surface area (Å²) in [6, 6.07) is 9.58. The summed E-state index contributed by atoms with van der Waals surface area (Å²) in [5.41, 5.74) is 0.961. The van der Waals surface area contributed by atoms with Crippen molar-refractivity contribution < 1.29 is 22.3 Å². The zero-order valence-electron chi connectivity index (χ0n) is 15.0. The first kappa shape index (κ1) is 20.3. The highest BCUT2D eigenvalue weighted by Gasteiger charge is 2.13. The van der Waals surface area contributed by atoms with Gasteiger partial charge in [0.05, 0.1) is 21.7 Å². The van der Waals surface area contributed by atoms with Gasteiger partial charge in [0.25, 0.3) is 5.91 Å². The van der Waals surface area contributed by atoms with Crippen LogP contribution in [0.1, 0.15) is 17.3 Å². The van der Waals surface area contributed by atoms with Crippen molar-refractivity contribution in [2.24, 2.45) is 10.1 Å². The molecule has 10 heteroatoms. The Labute approximate surface area is 165 Å². The van der Waals surface area contributed by atoms with Gasteiger partial charge < -0.3 is 9.30 Å². The standard InChI is InChI=1S/C18H18FN3O4S2/c1-2-26-10-9-22-15-8-7-14(28(20,24)25)11-16(15)27-18(22)21-17(23)12-3-5-13(19)6-4-12/h3-8,11H,2,9-10H2,1H3,(H2,20,24,25). The monoisotopic (exact) mass is 423 g/mol. The van der Waals surface area contributed by atoms with Gasteiger partial charge in [0.15, 0.2) is 4.80 Å². The van der Waals surface area contributed by atoms with Crippen molar-refractivity contribution >= 4 is 37.5 Å². The summed E-state index contributed by atoms with van der Waals surface area (Å²) in [5.74, 6) is -0.968. The van der Waals surface area contributed by atoms with E-state index in [4.69, 9.17) is 9.88 Å². The number of aromatic nitrogens is 1. The van der Waals surface area contributed by atoms with Crippen molar-refractivity contribution in [3.05, 3.63) is 58.6 Å². The number of fused-ring (bicyclic) bond motifs is 1. The van der Waals surface area contributed by atoms with Gasteiger partial charge in [0, 0.05) is 18.7 Å². The molecule has 0 aliphatic rings. The predicted molar refractivity (Wildman–Crippen MR) is 104 cm³/mol. The van der Waals surface area contributed by atoms with E-state index in [0.29, 0.717) is 34.8 Å². The lowest BCUT2D eigenvalue weighted by Gasteiger charge is -2.06. The average molecular weight is 423 g/mol. The highest BCUT2D eigenvalue weighted by Crippen LogP contribution is 2.21. The quantitative estimate of drug-likeness (QED) is 0.614. The van der Waals surface area contributed by atoms with Gasteiger partial charge in [0.2, 0.25) is 10.0 Å². The molecule has 28 heavy (non-hydrogen) atoms. The molecule has 0 spiro atoms. The minimum Gasteiger partial charge on any atom is -0.380 e. The second-order valence-corrected chi connectivity index (χ2v) is 8.40. The second-order valence-electron chi connectivity index (χ2n) is 5.83. The summed E-state index contributed by atoms with van der Waals surface area (Å²) in [4.78, 5) is 17.0. The van der Waals surface area contributed by atoms with E-state index in [1.807, 2.05) is 6.92 Å². The van der Waals surface area contributed by atoms with Gasteiger partial charge in [-0.05, 0) is 49.4 Å². The molecule has 1 heterocycles. The van der Waals surface area contributed by atoms with E-state index in [1.165, 1.54) is 36.4 Å². The van der Waals surface area contributed by atoms with Crippen LogP contribution in [0.25, 0.3) is 10.2 Å². The first-order valence-corrected chi connectivity index (χ1v) is 10.7. The molecule has 0 aliphatic carbocycles. The lowest BCUT2D eigenvalue weighted by Crippen LogP contribution is -2.19. The van der Waals surface area contributed by atoms with Gasteiger partial charge in [-0.25, -0.2) is 17.9 Å². The Hall–Kier alpha value is -2.40. The van der Waals surface area contributed by atoms with Crippen molar-refractivity contribution in [2.75, 3.05) is 13.2 Å². The third kappa shape index (κ3) is 4.53. The van der Waals surface area contributed by atoms with Crippen LogP contribution in [0.4, 0.5) is 4.39 Å². The van der Waals surface area contributed by atoms with Gasteiger partial charge in [0.1, 0.15) is 5.82 Å². The molecule has 0 fully saturated rings. The summed E-state index contributed by atoms with van der Waals surface area (Å²) in [6.45, 7) is 3.24. The lowest BCUT2D eigenvalue weighted by molar-refractivity contribution is 0.0996. The second kappa shape index (κ2) is 8.31. The fraction of sp³-hybridized carbons (Fsp3) is 0.222. The Morgan fingerprint density at radius 2 is 1.96 bits per heavy atom. The number of sulfonamides is 1. The molecule has 1 amide bonds. The van der Waals surface area contributed by atoms with Crippen LogP contribution in [0.15, 0.2) is 52.4 Å². The van der Waals surface area contributed by atoms with Crippen molar-refractivity contribution in [3.8, 4) is 0 Å². The Kier molecular flexibility index (Phi) is 6.04. The first-order chi connectivity index (χ1) is 13.3. The van der Waals surface area contributed by atoms with Crippen LogP contribution in [0.2, 0.25) is 0 Å². The van der Waals surface area contributed by atoms with Crippen molar-refractivity contribution in [2.45, 2.75) is 18.4 Å². The maximum atomic E-state index is 13.1. The summed E-state index contributed by atoms with van der Waals surface area (Å²) >= 11 is 1.16. The molecule has 1 aromatic heterocycles. The number of hydrogen-bond donors (Lipinski definition) is 1. The van der Waals surface area contributed by atoms with E-state index in [0.717, 1.165) is 11.3 Å². The molecule has 0 saturated carbocycles. The number of amides is 1. The fourth-order valence-electron chi connectivity index (χ4n) is 2.58. The number of hydrogen-bond acceptors (Lipinski definition) is 5. The minimum atomic E-state index is -3.85. The van der Waals surface area contributed by atoms with E-state index in [2.05, 4.69) is 4.99 Å². The summed E-state index contributed by atoms with van der Waals surface area (Å²) in [7, 11) is -3.85. The van der Waals surface area contributed by atoms with E-state index < -0.39 is 21.7 Å². The molecular formula is C18H18FN3O4S2. The number of nitrogens with zero attached hydrogens (tertiary/aromatic N) is 2. The van der Waals surface area contributed by atoms with E-state index in [9.17, 15) is 17.6 Å². The van der Waals surface area contributed by atoms with Crippen molar-refractivity contribution in [1.82, 2.24) is 4.57 Å². The highest BCUT2D eigenvalue weighted by atomic mass is 32.2. The average Bonchev–Trinajstić information content (AvgIpc) is 2.98. The molecule has 2 N–H and O–H groups in total. The topological polar surface area (TPSA) is 104 Å². The molecule has 0 aliphatic heterocycles. The third-order valence-electron chi connectivity index (χ3n) is 3.93. The minimum absolute atomic E-state index is 0.0189. The van der Waals surface area contributed by atoms with Crippen molar-refractivity contribution in [3.63, 3.8) is 0 Å². The number of thiazole rings is 1. The number of primary sulfonamides is 1. The smallest absolute Gasteiger partial charge is 0.279 e. The lowest BCUT2D eigenvalue weighted by atomic mass is 10.2. The summed E-state index contributed by atoms with van der Waals surface area (Å²) in [5, 5.41) is 5.20. The zero-order valence-corrected chi connectivity index (χ0v) is 16.6. The largest absolute Gasteiger partial charge is 0.380 e. The summed E-state index contributed by atoms with van der Waals surface area (Å²) in [6.07, 6.45) is 0. The Morgan fingerprint density at radius 3 is 2.61 bits per heavy atom. The first-order valence-electron chi connectivity index (χ1n) is 8.38. The van der Waals surface area contributed by atoms with E-state index in [1.54, 1.807) is 10.6 Å². The molecular weight excluding hydrogens is 405 g/mol. The predicted octanol–water partition coefficient (Wildman–Crippen LogP) is 2.27. The Morgan fingerprint density at radius 1 is 1.25 bits per heavy atom. The van der Waals surface area contributed by atoms with Crippen LogP contribution < -0.4 is 9.94 Å². The molecule has 0 bridgehead atoms. The number of ether oxygens (including phenoxy) is 1. The van der Waals surface area contributed by atoms with Gasteiger partial charge in [-0.3, -0.25) is 4.79 Å². The summed E-state index contributed by atoms with van der Waals surface area (Å²) < 4.78 is 44.1. The maximum Gasteiger partial charge on any atom is 0.279 e. The molecule has 3 aromatic rings. The molecule has 0 atom stereocenters. The number of benzene rings is 2.